The highest BCUT2D eigenvalue weighted by atomic mass is 32.2. The van der Waals surface area contributed by atoms with Crippen molar-refractivity contribution in [3.63, 3.8) is 0 Å². The van der Waals surface area contributed by atoms with Crippen LogP contribution in [0, 0.1) is 6.92 Å². The molecule has 0 aliphatic heterocycles. The molecule has 1 amide bonds. The van der Waals surface area contributed by atoms with Crippen LogP contribution in [0.4, 0.5) is 24.7 Å². The lowest BCUT2D eigenvalue weighted by Gasteiger charge is -2.11. The number of nitrogens with one attached hydrogen (secondary N) is 2. The molecule has 4 aromatic rings. The minimum atomic E-state index is -4.78. The number of aryl methyl sites for hydroxylation is 1. The molecule has 0 radical (unpaired) electrons. The number of nitrogens with zero attached hydrogens (tertiary/aromatic N) is 2. The summed E-state index contributed by atoms with van der Waals surface area (Å²) in [4.78, 5) is 21.2. The fourth-order valence-electron chi connectivity index (χ4n) is 3.93. The average Bonchev–Trinajstić information content (AvgIpc) is 3.02. The first-order valence-electron chi connectivity index (χ1n) is 13.9. The lowest BCUT2D eigenvalue weighted by molar-refractivity contribution is -0.274. The summed E-state index contributed by atoms with van der Waals surface area (Å²) in [5.41, 5.74) is 2.99. The van der Waals surface area contributed by atoms with Crippen molar-refractivity contribution in [3.05, 3.63) is 96.3 Å². The Morgan fingerprint density at radius 3 is 2.26 bits per heavy atom. The van der Waals surface area contributed by atoms with Gasteiger partial charge >= 0.3 is 6.36 Å². The topological polar surface area (TPSA) is 138 Å². The molecule has 0 aliphatic rings. The van der Waals surface area contributed by atoms with Gasteiger partial charge in [-0.1, -0.05) is 29.8 Å². The Kier molecular flexibility index (Phi) is 12.0. The van der Waals surface area contributed by atoms with Gasteiger partial charge in [0.25, 0.3) is 16.0 Å². The first-order valence-corrected chi connectivity index (χ1v) is 15.3. The van der Waals surface area contributed by atoms with Gasteiger partial charge < -0.3 is 24.8 Å². The van der Waals surface area contributed by atoms with E-state index in [1.54, 1.807) is 42.5 Å². The Hall–Kier alpha value is -4.57. The van der Waals surface area contributed by atoms with E-state index in [1.807, 2.05) is 6.92 Å². The molecule has 4 rings (SSSR count). The molecular formula is C31H31F3N4O7S. The van der Waals surface area contributed by atoms with Crippen molar-refractivity contribution >= 4 is 27.5 Å². The second-order valence-electron chi connectivity index (χ2n) is 9.64. The molecular weight excluding hydrogens is 629 g/mol. The molecule has 1 aromatic heterocycles. The van der Waals surface area contributed by atoms with E-state index < -0.39 is 16.5 Å². The predicted molar refractivity (Wildman–Crippen MR) is 162 cm³/mol. The van der Waals surface area contributed by atoms with Gasteiger partial charge in [0.2, 0.25) is 0 Å². The molecule has 1 heterocycles. The van der Waals surface area contributed by atoms with Crippen LogP contribution in [-0.4, -0.2) is 70.2 Å². The molecule has 0 unspecified atom stereocenters. The van der Waals surface area contributed by atoms with E-state index in [9.17, 15) is 26.4 Å². The number of carbonyl (C=O) groups is 1. The summed E-state index contributed by atoms with van der Waals surface area (Å²) in [7, 11) is -3.84. The number of amides is 1. The van der Waals surface area contributed by atoms with Crippen LogP contribution in [0.5, 0.6) is 5.75 Å². The van der Waals surface area contributed by atoms with Crippen molar-refractivity contribution in [1.29, 1.82) is 0 Å². The molecule has 11 nitrogen and oxygen atoms in total. The maximum Gasteiger partial charge on any atom is 0.573 e. The van der Waals surface area contributed by atoms with Crippen LogP contribution in [0.2, 0.25) is 0 Å². The normalized spacial score (nSPS) is 11.7. The molecule has 0 bridgehead atoms. The summed E-state index contributed by atoms with van der Waals surface area (Å²) in [6.07, 6.45) is -3.45. The molecule has 0 aliphatic carbocycles. The third kappa shape index (κ3) is 11.1. The number of hydrogen-bond donors (Lipinski definition) is 2. The van der Waals surface area contributed by atoms with E-state index in [1.165, 1.54) is 42.7 Å². The minimum absolute atomic E-state index is 0.0688. The highest BCUT2D eigenvalue weighted by molar-refractivity contribution is 7.86. The van der Waals surface area contributed by atoms with Gasteiger partial charge in [0, 0.05) is 29.4 Å². The van der Waals surface area contributed by atoms with E-state index in [-0.39, 0.29) is 56.1 Å². The molecule has 0 saturated heterocycles. The number of anilines is 2. The maximum absolute atomic E-state index is 12.7. The van der Waals surface area contributed by atoms with E-state index in [4.69, 9.17) is 13.7 Å². The standard InChI is InChI=1S/C31H31F3N4O7S/c1-22-5-11-27(12-6-22)46(40,41)44-18-17-43-16-15-42-14-13-35-30(39)24-4-2-3-23(19-24)28-20-29(37-21-36-28)38-25-7-9-26(10-8-25)45-31(32,33)34/h2-12,19-21H,13-18H2,1H3,(H,35,39)(H,36,37,38). The molecule has 46 heavy (non-hydrogen) atoms. The molecule has 0 saturated carbocycles. The monoisotopic (exact) mass is 660 g/mol. The second-order valence-corrected chi connectivity index (χ2v) is 11.3. The van der Waals surface area contributed by atoms with Crippen molar-refractivity contribution in [2.75, 3.05) is 44.9 Å². The minimum Gasteiger partial charge on any atom is -0.406 e. The van der Waals surface area contributed by atoms with Gasteiger partial charge in [0.15, 0.2) is 0 Å². The predicted octanol–water partition coefficient (Wildman–Crippen LogP) is 5.26. The molecule has 244 valence electrons. The van der Waals surface area contributed by atoms with Gasteiger partial charge in [-0.2, -0.15) is 8.42 Å². The largest absolute Gasteiger partial charge is 0.573 e. The number of aromatic nitrogens is 2. The Morgan fingerprint density at radius 1 is 0.848 bits per heavy atom. The summed E-state index contributed by atoms with van der Waals surface area (Å²) in [5.74, 6) is -0.267. The van der Waals surface area contributed by atoms with Crippen molar-refractivity contribution in [2.24, 2.45) is 0 Å². The number of carbonyl (C=O) groups excluding carboxylic acids is 1. The van der Waals surface area contributed by atoms with Crippen molar-refractivity contribution < 1.29 is 44.8 Å². The highest BCUT2D eigenvalue weighted by Crippen LogP contribution is 2.26. The average molecular weight is 661 g/mol. The van der Waals surface area contributed by atoms with Crippen LogP contribution in [0.3, 0.4) is 0 Å². The third-order valence-corrected chi connectivity index (χ3v) is 7.45. The van der Waals surface area contributed by atoms with Gasteiger partial charge in [0.1, 0.15) is 17.9 Å². The summed E-state index contributed by atoms with van der Waals surface area (Å²) < 4.78 is 81.1. The molecule has 15 heteroatoms. The number of ether oxygens (including phenoxy) is 3. The van der Waals surface area contributed by atoms with Crippen LogP contribution in [0.15, 0.2) is 90.1 Å². The smallest absolute Gasteiger partial charge is 0.406 e. The van der Waals surface area contributed by atoms with Gasteiger partial charge in [0.05, 0.1) is 43.6 Å². The summed E-state index contributed by atoms with van der Waals surface area (Å²) in [6, 6.07) is 20.0. The zero-order valence-electron chi connectivity index (χ0n) is 24.6. The van der Waals surface area contributed by atoms with Crippen LogP contribution in [0.25, 0.3) is 11.3 Å². The summed E-state index contributed by atoms with van der Waals surface area (Å²) in [5, 5.41) is 5.76. The van der Waals surface area contributed by atoms with Gasteiger partial charge in [-0.05, 0) is 55.5 Å². The van der Waals surface area contributed by atoms with E-state index in [2.05, 4.69) is 25.3 Å². The van der Waals surface area contributed by atoms with Crippen LogP contribution < -0.4 is 15.4 Å². The lowest BCUT2D eigenvalue weighted by atomic mass is 10.1. The Balaban J connectivity index is 1.15. The van der Waals surface area contributed by atoms with E-state index in [0.29, 0.717) is 28.3 Å². The van der Waals surface area contributed by atoms with Gasteiger partial charge in [-0.15, -0.1) is 13.2 Å². The molecule has 3 aromatic carbocycles. The fourth-order valence-corrected chi connectivity index (χ4v) is 4.82. The Labute approximate surface area is 263 Å². The summed E-state index contributed by atoms with van der Waals surface area (Å²) in [6.45, 7) is 2.74. The van der Waals surface area contributed by atoms with Crippen molar-refractivity contribution in [1.82, 2.24) is 15.3 Å². The lowest BCUT2D eigenvalue weighted by Crippen LogP contribution is -2.27. The molecule has 0 atom stereocenters. The molecule has 2 N–H and O–H groups in total. The molecule has 0 spiro atoms. The number of halogens is 3. The Bertz CT molecular complexity index is 1690. The van der Waals surface area contributed by atoms with Crippen molar-refractivity contribution in [2.45, 2.75) is 18.2 Å². The van der Waals surface area contributed by atoms with Gasteiger partial charge in [-0.3, -0.25) is 8.98 Å². The number of alkyl halides is 3. The number of hydrogen-bond acceptors (Lipinski definition) is 10. The Morgan fingerprint density at radius 2 is 1.54 bits per heavy atom. The maximum atomic E-state index is 12.7. The number of benzene rings is 3. The second kappa shape index (κ2) is 16.1. The van der Waals surface area contributed by atoms with Crippen LogP contribution in [-0.2, 0) is 23.8 Å². The summed E-state index contributed by atoms with van der Waals surface area (Å²) >= 11 is 0. The third-order valence-electron chi connectivity index (χ3n) is 6.13. The quantitative estimate of drug-likeness (QED) is 0.121. The first kappa shape index (κ1) is 34.3. The van der Waals surface area contributed by atoms with Crippen LogP contribution >= 0.6 is 0 Å². The SMILES string of the molecule is Cc1ccc(S(=O)(=O)OCCOCCOCCNC(=O)c2cccc(-c3cc(Nc4ccc(OC(F)(F)F)cc4)ncn3)c2)cc1. The zero-order valence-corrected chi connectivity index (χ0v) is 25.4. The van der Waals surface area contributed by atoms with Gasteiger partial charge in [-0.25, -0.2) is 9.97 Å². The fraction of sp³-hybridized carbons (Fsp3) is 0.258. The van der Waals surface area contributed by atoms with Crippen LogP contribution in [0.1, 0.15) is 15.9 Å². The van der Waals surface area contributed by atoms with E-state index in [0.717, 1.165) is 5.56 Å². The highest BCUT2D eigenvalue weighted by Gasteiger charge is 2.31. The molecule has 0 fully saturated rings. The number of rotatable bonds is 16. The zero-order chi connectivity index (χ0) is 33.0. The van der Waals surface area contributed by atoms with Crippen molar-refractivity contribution in [3.8, 4) is 17.0 Å². The van der Waals surface area contributed by atoms with E-state index >= 15 is 0 Å². The first-order chi connectivity index (χ1) is 22.0.